The number of aryl methyl sites for hydroxylation is 1. The molecule has 0 heterocycles. The highest BCUT2D eigenvalue weighted by molar-refractivity contribution is 5.88. The Kier molecular flexibility index (Phi) is 3.61. The Hall–Kier alpha value is -1.89. The van der Waals surface area contributed by atoms with Gasteiger partial charge < -0.3 is 0 Å². The van der Waals surface area contributed by atoms with Crippen molar-refractivity contribution in [3.63, 3.8) is 0 Å². The second-order valence-corrected chi connectivity index (χ2v) is 4.63. The van der Waals surface area contributed by atoms with E-state index in [-0.39, 0.29) is 5.82 Å². The maximum atomic E-state index is 13.2. The maximum Gasteiger partial charge on any atom is 0.123 e. The van der Waals surface area contributed by atoms with E-state index in [2.05, 4.69) is 38.1 Å². The third kappa shape index (κ3) is 2.67. The van der Waals surface area contributed by atoms with Crippen molar-refractivity contribution in [1.82, 2.24) is 0 Å². The molecule has 0 saturated carbocycles. The van der Waals surface area contributed by atoms with E-state index in [1.54, 1.807) is 12.1 Å². The van der Waals surface area contributed by atoms with Crippen LogP contribution in [0.15, 0.2) is 48.5 Å². The van der Waals surface area contributed by atoms with Gasteiger partial charge in [0.25, 0.3) is 0 Å². The first-order valence-electron chi connectivity index (χ1n) is 6.08. The lowest BCUT2D eigenvalue weighted by atomic mass is 9.96. The largest absolute Gasteiger partial charge is 0.207 e. The Morgan fingerprint density at radius 3 is 2.06 bits per heavy atom. The molecule has 0 bridgehead atoms. The molecule has 0 aliphatic carbocycles. The molecule has 0 aliphatic rings. The van der Waals surface area contributed by atoms with Crippen LogP contribution >= 0.6 is 0 Å². The summed E-state index contributed by atoms with van der Waals surface area (Å²) < 4.78 is 13.2. The maximum absolute atomic E-state index is 13.2. The van der Waals surface area contributed by atoms with Crippen molar-refractivity contribution in [3.8, 4) is 0 Å². The van der Waals surface area contributed by atoms with Gasteiger partial charge in [-0.15, -0.1) is 0 Å². The fraction of sp³-hybridized carbons (Fsp3) is 0.176. The van der Waals surface area contributed by atoms with Gasteiger partial charge in [-0.25, -0.2) is 4.39 Å². The highest BCUT2D eigenvalue weighted by Gasteiger charge is 2.04. The monoisotopic (exact) mass is 240 g/mol. The molecule has 0 amide bonds. The van der Waals surface area contributed by atoms with Gasteiger partial charge in [0.1, 0.15) is 5.82 Å². The van der Waals surface area contributed by atoms with E-state index in [1.165, 1.54) is 22.8 Å². The first kappa shape index (κ1) is 12.6. The highest BCUT2D eigenvalue weighted by atomic mass is 19.1. The zero-order chi connectivity index (χ0) is 13.1. The van der Waals surface area contributed by atoms with Crippen molar-refractivity contribution in [2.75, 3.05) is 0 Å². The summed E-state index contributed by atoms with van der Waals surface area (Å²) in [5.74, 6) is -0.191. The lowest BCUT2D eigenvalue weighted by Gasteiger charge is -2.09. The molecule has 0 spiro atoms. The van der Waals surface area contributed by atoms with E-state index in [0.29, 0.717) is 0 Å². The molecule has 0 saturated heterocycles. The zero-order valence-corrected chi connectivity index (χ0v) is 11.0. The molecule has 0 aliphatic heterocycles. The van der Waals surface area contributed by atoms with Crippen molar-refractivity contribution >= 4 is 11.1 Å². The number of hydrogen-bond acceptors (Lipinski definition) is 0. The lowest BCUT2D eigenvalue weighted by Crippen LogP contribution is -1.87. The van der Waals surface area contributed by atoms with Crippen molar-refractivity contribution in [2.24, 2.45) is 0 Å². The van der Waals surface area contributed by atoms with E-state index in [4.69, 9.17) is 0 Å². The van der Waals surface area contributed by atoms with E-state index in [1.807, 2.05) is 13.0 Å². The van der Waals surface area contributed by atoms with Gasteiger partial charge in [0.05, 0.1) is 0 Å². The molecule has 0 N–H and O–H groups in total. The molecule has 2 rings (SSSR count). The number of rotatable bonds is 2. The minimum absolute atomic E-state index is 0.191. The van der Waals surface area contributed by atoms with Crippen LogP contribution in [0.4, 0.5) is 4.39 Å². The first-order chi connectivity index (χ1) is 8.58. The average Bonchev–Trinajstić information content (AvgIpc) is 2.38. The van der Waals surface area contributed by atoms with Crippen LogP contribution in [-0.2, 0) is 0 Å². The van der Waals surface area contributed by atoms with Crippen molar-refractivity contribution in [3.05, 3.63) is 71.0 Å². The van der Waals surface area contributed by atoms with Gasteiger partial charge in [-0.05, 0) is 55.2 Å². The van der Waals surface area contributed by atoms with Crippen molar-refractivity contribution in [1.29, 1.82) is 0 Å². The Bertz CT molecular complexity index is 577. The summed E-state index contributed by atoms with van der Waals surface area (Å²) in [5.41, 5.74) is 5.66. The topological polar surface area (TPSA) is 0 Å². The number of allylic oxidation sites excluding steroid dienone is 2. The number of halogens is 1. The van der Waals surface area contributed by atoms with Crippen LogP contribution in [0.2, 0.25) is 0 Å². The quantitative estimate of drug-likeness (QED) is 0.642. The molecule has 0 atom stereocenters. The molecule has 18 heavy (non-hydrogen) atoms. The first-order valence-corrected chi connectivity index (χ1v) is 6.08. The second kappa shape index (κ2) is 5.18. The van der Waals surface area contributed by atoms with E-state index >= 15 is 0 Å². The Labute approximate surface area is 108 Å². The van der Waals surface area contributed by atoms with Crippen molar-refractivity contribution in [2.45, 2.75) is 20.8 Å². The fourth-order valence-corrected chi connectivity index (χ4v) is 1.96. The van der Waals surface area contributed by atoms with Crippen LogP contribution in [0, 0.1) is 12.7 Å². The predicted molar refractivity (Wildman–Crippen MR) is 75.7 cm³/mol. The third-order valence-electron chi connectivity index (χ3n) is 3.30. The van der Waals surface area contributed by atoms with Gasteiger partial charge >= 0.3 is 0 Å². The Morgan fingerprint density at radius 2 is 1.44 bits per heavy atom. The summed E-state index contributed by atoms with van der Waals surface area (Å²) in [7, 11) is 0. The van der Waals surface area contributed by atoms with Crippen LogP contribution in [0.5, 0.6) is 0 Å². The average molecular weight is 240 g/mol. The van der Waals surface area contributed by atoms with E-state index in [0.717, 1.165) is 11.1 Å². The molecule has 0 fully saturated rings. The zero-order valence-electron chi connectivity index (χ0n) is 11.0. The predicted octanol–water partition coefficient (Wildman–Crippen LogP) is 5.08. The molecule has 0 nitrogen and oxygen atoms in total. The number of hydrogen-bond donors (Lipinski definition) is 0. The van der Waals surface area contributed by atoms with Gasteiger partial charge in [-0.1, -0.05) is 42.0 Å². The molecular formula is C17H17F. The summed E-state index contributed by atoms with van der Waals surface area (Å²) in [6, 6.07) is 15.1. The summed E-state index contributed by atoms with van der Waals surface area (Å²) in [5, 5.41) is 0. The summed E-state index contributed by atoms with van der Waals surface area (Å²) in [6.45, 7) is 6.18. The molecule has 92 valence electrons. The number of benzene rings is 2. The van der Waals surface area contributed by atoms with E-state index in [9.17, 15) is 4.39 Å². The van der Waals surface area contributed by atoms with Crippen LogP contribution in [-0.4, -0.2) is 0 Å². The van der Waals surface area contributed by atoms with E-state index < -0.39 is 0 Å². The lowest BCUT2D eigenvalue weighted by molar-refractivity contribution is 0.627. The SMILES string of the molecule is C/C(=C(\C)c1cccc(F)c1)c1ccc(C)cc1. The van der Waals surface area contributed by atoms with Gasteiger partial charge in [0, 0.05) is 0 Å². The Balaban J connectivity index is 2.44. The standard InChI is InChI=1S/C17H17F/c1-12-7-9-15(10-8-12)13(2)14(3)16-5-4-6-17(18)11-16/h4-11H,1-3H3/b14-13-. The van der Waals surface area contributed by atoms with Gasteiger partial charge in [-0.3, -0.25) is 0 Å². The molecule has 2 aromatic carbocycles. The third-order valence-corrected chi connectivity index (χ3v) is 3.30. The van der Waals surface area contributed by atoms with Crippen molar-refractivity contribution < 1.29 is 4.39 Å². The summed E-state index contributed by atoms with van der Waals surface area (Å²) in [4.78, 5) is 0. The molecule has 0 radical (unpaired) electrons. The minimum atomic E-state index is -0.191. The molecular weight excluding hydrogens is 223 g/mol. The molecule has 0 unspecified atom stereocenters. The molecule has 2 aromatic rings. The van der Waals surface area contributed by atoms with Gasteiger partial charge in [0.15, 0.2) is 0 Å². The summed E-state index contributed by atoms with van der Waals surface area (Å²) in [6.07, 6.45) is 0. The van der Waals surface area contributed by atoms with Crippen LogP contribution < -0.4 is 0 Å². The normalized spacial score (nSPS) is 12.2. The smallest absolute Gasteiger partial charge is 0.123 e. The van der Waals surface area contributed by atoms with Crippen LogP contribution in [0.25, 0.3) is 11.1 Å². The molecule has 0 aromatic heterocycles. The summed E-state index contributed by atoms with van der Waals surface area (Å²) >= 11 is 0. The second-order valence-electron chi connectivity index (χ2n) is 4.63. The molecule has 1 heteroatoms. The van der Waals surface area contributed by atoms with Gasteiger partial charge in [-0.2, -0.15) is 0 Å². The van der Waals surface area contributed by atoms with Crippen LogP contribution in [0.1, 0.15) is 30.5 Å². The fourth-order valence-electron chi connectivity index (χ4n) is 1.96. The van der Waals surface area contributed by atoms with Crippen LogP contribution in [0.3, 0.4) is 0 Å². The minimum Gasteiger partial charge on any atom is -0.207 e. The highest BCUT2D eigenvalue weighted by Crippen LogP contribution is 2.26. The Morgan fingerprint density at radius 1 is 0.833 bits per heavy atom. The van der Waals surface area contributed by atoms with Gasteiger partial charge in [0.2, 0.25) is 0 Å².